The van der Waals surface area contributed by atoms with Gasteiger partial charge in [0.1, 0.15) is 30.7 Å². The lowest BCUT2D eigenvalue weighted by molar-refractivity contribution is -0.143. The van der Waals surface area contributed by atoms with Crippen LogP contribution in [0, 0.1) is 11.8 Å². The highest BCUT2D eigenvalue weighted by Crippen LogP contribution is 2.36. The summed E-state index contributed by atoms with van der Waals surface area (Å²) in [6.07, 6.45) is 0.0651. The zero-order valence-corrected chi connectivity index (χ0v) is 37.5. The molecule has 0 bridgehead atoms. The molecule has 342 valence electrons. The molecule has 2 fully saturated rings. The molecule has 20 heteroatoms. The minimum atomic E-state index is -4.09. The van der Waals surface area contributed by atoms with Gasteiger partial charge in [-0.2, -0.15) is 4.31 Å². The molecule has 18 nitrogen and oxygen atoms in total. The van der Waals surface area contributed by atoms with Crippen molar-refractivity contribution < 1.29 is 65.6 Å². The van der Waals surface area contributed by atoms with Gasteiger partial charge in [0, 0.05) is 13.1 Å². The largest absolute Gasteiger partial charge is 0.497 e. The maximum atomic E-state index is 13.9. The van der Waals surface area contributed by atoms with E-state index in [1.54, 1.807) is 36.4 Å². The molecule has 2 aromatic carbocycles. The Kier molecular flexibility index (Phi) is 20.2. The van der Waals surface area contributed by atoms with Gasteiger partial charge in [-0.25, -0.2) is 23.4 Å². The predicted octanol–water partition coefficient (Wildman–Crippen LogP) is 4.20. The van der Waals surface area contributed by atoms with Crippen molar-refractivity contribution in [2.75, 3.05) is 66.1 Å². The third kappa shape index (κ3) is 16.1. The van der Waals surface area contributed by atoms with Crippen LogP contribution >= 0.6 is 7.44 Å². The van der Waals surface area contributed by atoms with E-state index in [1.807, 2.05) is 27.7 Å². The quantitative estimate of drug-likeness (QED) is 0.0427. The lowest BCUT2D eigenvalue weighted by Gasteiger charge is -2.31. The topological polar surface area (TPSA) is 227 Å². The van der Waals surface area contributed by atoms with Gasteiger partial charge in [0.2, 0.25) is 17.5 Å². The molecule has 2 aliphatic heterocycles. The number of hydrogen-bond acceptors (Lipinski definition) is 14. The monoisotopic (exact) mass is 898 g/mol. The van der Waals surface area contributed by atoms with E-state index >= 15 is 0 Å². The van der Waals surface area contributed by atoms with Crippen LogP contribution in [0.3, 0.4) is 0 Å². The van der Waals surface area contributed by atoms with E-state index < -0.39 is 66.4 Å². The first-order valence-corrected chi connectivity index (χ1v) is 24.1. The number of ether oxygens (including phenoxy) is 7. The Morgan fingerprint density at radius 1 is 0.902 bits per heavy atom. The summed E-state index contributed by atoms with van der Waals surface area (Å²) < 4.78 is 81.2. The SMILES string of the molecule is CCCCOC(=O)CNP(=O)(COc1ccc(C[C@H](NC(=O)O[C@H]2CO[C@H]3OCC[C@H]32)[C@H](O)CN(CC(C)C)S(=O)(=O)c2ccc(OC)cc2)cc1)NCC(=O)OCCCC. The van der Waals surface area contributed by atoms with Crippen LogP contribution in [0.5, 0.6) is 11.5 Å². The Labute approximate surface area is 359 Å². The number of carbonyl (C=O) groups is 3. The molecule has 4 N–H and O–H groups in total. The number of fused-ring (bicyclic) bond motifs is 1. The van der Waals surface area contributed by atoms with Crippen LogP contribution in [0.25, 0.3) is 0 Å². The van der Waals surface area contributed by atoms with E-state index in [2.05, 4.69) is 15.5 Å². The highest BCUT2D eigenvalue weighted by Gasteiger charge is 2.44. The molecule has 2 aromatic rings. The lowest BCUT2D eigenvalue weighted by Crippen LogP contribution is -2.51. The second-order valence-corrected chi connectivity index (χ2v) is 19.7. The van der Waals surface area contributed by atoms with Crippen molar-refractivity contribution in [2.45, 2.75) is 95.7 Å². The Hall–Kier alpha value is -3.81. The predicted molar refractivity (Wildman–Crippen MR) is 225 cm³/mol. The minimum Gasteiger partial charge on any atom is -0.497 e. The first-order chi connectivity index (χ1) is 29.2. The molecular formula is C41H63N4O14PS. The maximum Gasteiger partial charge on any atom is 0.407 e. The fourth-order valence-electron chi connectivity index (χ4n) is 6.50. The van der Waals surface area contributed by atoms with E-state index in [-0.39, 0.29) is 74.9 Å². The number of benzene rings is 2. The van der Waals surface area contributed by atoms with Crippen LogP contribution in [0.4, 0.5) is 4.79 Å². The summed E-state index contributed by atoms with van der Waals surface area (Å²) in [5.74, 6) is -0.683. The maximum absolute atomic E-state index is 13.9. The summed E-state index contributed by atoms with van der Waals surface area (Å²) in [7, 11) is -6.32. The van der Waals surface area contributed by atoms with Gasteiger partial charge in [-0.15, -0.1) is 0 Å². The number of sulfonamides is 1. The lowest BCUT2D eigenvalue weighted by atomic mass is 10.0. The van der Waals surface area contributed by atoms with Gasteiger partial charge in [-0.05, 0) is 73.6 Å². The van der Waals surface area contributed by atoms with E-state index in [0.29, 0.717) is 37.2 Å². The number of aliphatic hydroxyl groups excluding tert-OH is 1. The second-order valence-electron chi connectivity index (χ2n) is 15.4. The van der Waals surface area contributed by atoms with Gasteiger partial charge in [0.15, 0.2) is 12.6 Å². The smallest absolute Gasteiger partial charge is 0.407 e. The molecule has 0 spiro atoms. The molecule has 5 atom stereocenters. The van der Waals surface area contributed by atoms with Gasteiger partial charge in [0.05, 0.1) is 56.5 Å². The Bertz CT molecular complexity index is 1810. The standard InChI is InChI=1S/C41H63N4O14PS/c1-6-8-19-54-38(47)23-42-60(50,43-24-39(48)55-20-9-7-2)28-58-32-12-10-30(11-13-32)22-35(44-41(49)59-37-27-57-40-34(37)18-21-56-40)36(46)26-45(25-29(3)4)61(51,52)33-16-14-31(53-5)15-17-33/h10-17,29,34-37,40,46H,6-9,18-28H2,1-5H3,(H,44,49)(H2,42,43,50)/t34-,35-,36+,37-,40+/m0/s1. The summed E-state index contributed by atoms with van der Waals surface area (Å²) in [5.41, 5.74) is 0.627. The number of nitrogens with one attached hydrogen (secondary N) is 3. The molecule has 61 heavy (non-hydrogen) atoms. The van der Waals surface area contributed by atoms with Crippen molar-refractivity contribution in [3.8, 4) is 11.5 Å². The van der Waals surface area contributed by atoms with E-state index in [1.165, 1.54) is 23.5 Å². The number of nitrogens with zero attached hydrogens (tertiary/aromatic N) is 1. The molecule has 0 saturated carbocycles. The third-order valence-electron chi connectivity index (χ3n) is 9.94. The Morgan fingerprint density at radius 3 is 2.08 bits per heavy atom. The molecule has 2 saturated heterocycles. The van der Waals surface area contributed by atoms with Gasteiger partial charge < -0.3 is 43.6 Å². The molecule has 0 aliphatic carbocycles. The molecule has 2 aliphatic rings. The molecular weight excluding hydrogens is 836 g/mol. The molecule has 0 aromatic heterocycles. The fraction of sp³-hybridized carbons (Fsp3) is 0.634. The molecule has 4 rings (SSSR count). The first kappa shape index (κ1) is 49.8. The van der Waals surface area contributed by atoms with Crippen LogP contribution in [0.15, 0.2) is 53.4 Å². The number of rotatable bonds is 27. The summed E-state index contributed by atoms with van der Waals surface area (Å²) >= 11 is 0. The van der Waals surface area contributed by atoms with Crippen LogP contribution in [-0.2, 0) is 54.3 Å². The molecule has 0 radical (unpaired) electrons. The zero-order chi connectivity index (χ0) is 44.4. The minimum absolute atomic E-state index is 0.0176. The normalized spacial score (nSPS) is 18.7. The number of amides is 1. The molecule has 1 amide bonds. The average molecular weight is 899 g/mol. The number of carbonyl (C=O) groups excluding carboxylic acids is 3. The molecule has 2 heterocycles. The van der Waals surface area contributed by atoms with Gasteiger partial charge >= 0.3 is 18.0 Å². The van der Waals surface area contributed by atoms with Crippen molar-refractivity contribution in [2.24, 2.45) is 11.8 Å². The van der Waals surface area contributed by atoms with Crippen LogP contribution in [0.1, 0.15) is 65.4 Å². The summed E-state index contributed by atoms with van der Waals surface area (Å²) in [6, 6.07) is 11.5. The highest BCUT2D eigenvalue weighted by molar-refractivity contribution is 7.89. The Morgan fingerprint density at radius 2 is 1.51 bits per heavy atom. The van der Waals surface area contributed by atoms with E-state index in [9.17, 15) is 32.5 Å². The van der Waals surface area contributed by atoms with Crippen LogP contribution in [-0.4, -0.2) is 126 Å². The van der Waals surface area contributed by atoms with Crippen LogP contribution in [0.2, 0.25) is 0 Å². The van der Waals surface area contributed by atoms with Crippen LogP contribution < -0.4 is 25.0 Å². The highest BCUT2D eigenvalue weighted by atomic mass is 32.2. The Balaban J connectivity index is 1.49. The number of esters is 2. The number of alkyl carbamates (subject to hydrolysis) is 1. The van der Waals surface area contributed by atoms with Crippen molar-refractivity contribution in [3.05, 3.63) is 54.1 Å². The van der Waals surface area contributed by atoms with Gasteiger partial charge in [-0.3, -0.25) is 14.2 Å². The number of hydrogen-bond donors (Lipinski definition) is 4. The molecule has 0 unspecified atom stereocenters. The van der Waals surface area contributed by atoms with E-state index in [0.717, 1.165) is 12.8 Å². The number of unbranched alkanes of at least 4 members (excludes halogenated alkanes) is 2. The third-order valence-corrected chi connectivity index (χ3v) is 13.6. The second kappa shape index (κ2) is 24.7. The fourth-order valence-corrected chi connectivity index (χ4v) is 9.52. The van der Waals surface area contributed by atoms with Crippen molar-refractivity contribution >= 4 is 35.5 Å². The average Bonchev–Trinajstić information content (AvgIpc) is 3.87. The van der Waals surface area contributed by atoms with Crippen molar-refractivity contribution in [1.82, 2.24) is 19.8 Å². The van der Waals surface area contributed by atoms with Gasteiger partial charge in [0.25, 0.3) is 0 Å². The number of aliphatic hydroxyl groups is 1. The van der Waals surface area contributed by atoms with E-state index in [4.69, 9.17) is 33.2 Å². The van der Waals surface area contributed by atoms with Crippen molar-refractivity contribution in [3.63, 3.8) is 0 Å². The number of methoxy groups -OCH3 is 1. The van der Waals surface area contributed by atoms with Crippen molar-refractivity contribution in [1.29, 1.82) is 0 Å². The summed E-state index contributed by atoms with van der Waals surface area (Å²) in [6.45, 7) is 7.68. The van der Waals surface area contributed by atoms with Gasteiger partial charge in [-0.1, -0.05) is 52.7 Å². The summed E-state index contributed by atoms with van der Waals surface area (Å²) in [5, 5.41) is 19.9. The summed E-state index contributed by atoms with van der Waals surface area (Å²) in [4.78, 5) is 38.0. The zero-order valence-electron chi connectivity index (χ0n) is 35.7. The first-order valence-electron chi connectivity index (χ1n) is 20.8.